The summed E-state index contributed by atoms with van der Waals surface area (Å²) >= 11 is 0. The Bertz CT molecular complexity index is 396. The Kier molecular flexibility index (Phi) is 3.99. The molecule has 1 fully saturated rings. The van der Waals surface area contributed by atoms with Gasteiger partial charge in [-0.3, -0.25) is 4.79 Å². The Morgan fingerprint density at radius 2 is 2.06 bits per heavy atom. The van der Waals surface area contributed by atoms with Crippen LogP contribution in [-0.4, -0.2) is 24.2 Å². The lowest BCUT2D eigenvalue weighted by atomic mass is 9.68. The number of hydrogen-bond acceptors (Lipinski definition) is 3. The van der Waals surface area contributed by atoms with Crippen molar-refractivity contribution in [1.82, 2.24) is 5.32 Å². The second-order valence-electron chi connectivity index (χ2n) is 4.96. The van der Waals surface area contributed by atoms with Gasteiger partial charge in [-0.05, 0) is 18.4 Å². The second kappa shape index (κ2) is 5.50. The summed E-state index contributed by atoms with van der Waals surface area (Å²) in [4.78, 5) is 12.2. The van der Waals surface area contributed by atoms with E-state index in [1.165, 1.54) is 0 Å². The van der Waals surface area contributed by atoms with Gasteiger partial charge in [-0.15, -0.1) is 0 Å². The maximum Gasteiger partial charge on any atom is 0.228 e. The lowest BCUT2D eigenvalue weighted by Crippen LogP contribution is -2.51. The molecule has 1 aromatic rings. The first-order valence-corrected chi connectivity index (χ1v) is 6.39. The molecule has 0 saturated heterocycles. The zero-order chi connectivity index (χ0) is 13.0. The quantitative estimate of drug-likeness (QED) is 0.726. The lowest BCUT2D eigenvalue weighted by molar-refractivity contribution is -0.136. The molecule has 98 valence electrons. The van der Waals surface area contributed by atoms with E-state index in [1.807, 2.05) is 30.3 Å². The van der Waals surface area contributed by atoms with Gasteiger partial charge in [0.2, 0.25) is 5.91 Å². The molecule has 0 aliphatic heterocycles. The van der Waals surface area contributed by atoms with Gasteiger partial charge in [0.15, 0.2) is 0 Å². The summed E-state index contributed by atoms with van der Waals surface area (Å²) in [6, 6.07) is 9.15. The maximum atomic E-state index is 12.2. The van der Waals surface area contributed by atoms with Gasteiger partial charge in [0.05, 0.1) is 18.1 Å². The van der Waals surface area contributed by atoms with Gasteiger partial charge in [0.25, 0.3) is 0 Å². The predicted molar refractivity (Wildman–Crippen MR) is 69.7 cm³/mol. The first kappa shape index (κ1) is 13.1. The van der Waals surface area contributed by atoms with Crippen LogP contribution in [0.5, 0.6) is 0 Å². The van der Waals surface area contributed by atoms with Crippen molar-refractivity contribution in [3.05, 3.63) is 35.9 Å². The fourth-order valence-electron chi connectivity index (χ4n) is 2.36. The van der Waals surface area contributed by atoms with E-state index in [0.717, 1.165) is 24.8 Å². The number of carbonyl (C=O) groups is 1. The molecule has 1 aromatic carbocycles. The third kappa shape index (κ3) is 2.40. The molecule has 0 aromatic heterocycles. The van der Waals surface area contributed by atoms with Gasteiger partial charge in [0.1, 0.15) is 0 Å². The monoisotopic (exact) mass is 248 g/mol. The van der Waals surface area contributed by atoms with Crippen LogP contribution < -0.4 is 11.1 Å². The standard InChI is InChI=1S/C14H20N2O2/c15-10-14(7-4-8-14)13(18)16-12(9-17)11-5-2-1-3-6-11/h1-3,5-6,12,17H,4,7-10,15H2,(H,16,18)/t12-/m0/s1. The Labute approximate surface area is 107 Å². The Morgan fingerprint density at radius 1 is 1.39 bits per heavy atom. The van der Waals surface area contributed by atoms with Crippen LogP contribution in [-0.2, 0) is 4.79 Å². The molecule has 0 heterocycles. The minimum atomic E-state index is -0.401. The van der Waals surface area contributed by atoms with E-state index in [4.69, 9.17) is 5.73 Å². The van der Waals surface area contributed by atoms with E-state index in [1.54, 1.807) is 0 Å². The van der Waals surface area contributed by atoms with Crippen molar-refractivity contribution in [2.24, 2.45) is 11.1 Å². The molecular formula is C14H20N2O2. The largest absolute Gasteiger partial charge is 0.394 e. The molecule has 4 nitrogen and oxygen atoms in total. The number of carbonyl (C=O) groups excluding carboxylic acids is 1. The van der Waals surface area contributed by atoms with Crippen molar-refractivity contribution in [2.45, 2.75) is 25.3 Å². The van der Waals surface area contributed by atoms with Crippen molar-refractivity contribution in [1.29, 1.82) is 0 Å². The van der Waals surface area contributed by atoms with Crippen LogP contribution in [0.15, 0.2) is 30.3 Å². The van der Waals surface area contributed by atoms with E-state index in [-0.39, 0.29) is 18.6 Å². The highest BCUT2D eigenvalue weighted by atomic mass is 16.3. The second-order valence-corrected chi connectivity index (χ2v) is 4.96. The number of rotatable bonds is 5. The van der Waals surface area contributed by atoms with Gasteiger partial charge in [-0.2, -0.15) is 0 Å². The Balaban J connectivity index is 2.05. The van der Waals surface area contributed by atoms with E-state index in [0.29, 0.717) is 6.54 Å². The summed E-state index contributed by atoms with van der Waals surface area (Å²) in [5.74, 6) is -0.0286. The molecule has 0 bridgehead atoms. The third-order valence-corrected chi connectivity index (χ3v) is 3.87. The number of aliphatic hydroxyl groups excluding tert-OH is 1. The molecular weight excluding hydrogens is 228 g/mol. The minimum Gasteiger partial charge on any atom is -0.394 e. The van der Waals surface area contributed by atoms with Crippen molar-refractivity contribution in [3.63, 3.8) is 0 Å². The van der Waals surface area contributed by atoms with Crippen LogP contribution >= 0.6 is 0 Å². The number of nitrogens with two attached hydrogens (primary N) is 1. The van der Waals surface area contributed by atoms with Gasteiger partial charge in [-0.25, -0.2) is 0 Å². The Morgan fingerprint density at radius 3 is 2.50 bits per heavy atom. The van der Waals surface area contributed by atoms with Gasteiger partial charge >= 0.3 is 0 Å². The first-order valence-electron chi connectivity index (χ1n) is 6.39. The average molecular weight is 248 g/mol. The van der Waals surface area contributed by atoms with Gasteiger partial charge < -0.3 is 16.2 Å². The fraction of sp³-hybridized carbons (Fsp3) is 0.500. The molecule has 4 N–H and O–H groups in total. The van der Waals surface area contributed by atoms with Crippen LogP contribution in [0.2, 0.25) is 0 Å². The number of benzene rings is 1. The SMILES string of the molecule is NCC1(C(=O)N[C@@H](CO)c2ccccc2)CCC1. The lowest BCUT2D eigenvalue weighted by Gasteiger charge is -2.40. The van der Waals surface area contributed by atoms with Crippen molar-refractivity contribution in [2.75, 3.05) is 13.2 Å². The molecule has 1 atom stereocenters. The topological polar surface area (TPSA) is 75.4 Å². The van der Waals surface area contributed by atoms with Crippen LogP contribution in [0, 0.1) is 5.41 Å². The summed E-state index contributed by atoms with van der Waals surface area (Å²) in [5, 5.41) is 12.3. The molecule has 1 saturated carbocycles. The molecule has 1 amide bonds. The van der Waals surface area contributed by atoms with Crippen molar-refractivity contribution in [3.8, 4) is 0 Å². The van der Waals surface area contributed by atoms with Gasteiger partial charge in [-0.1, -0.05) is 36.8 Å². The molecule has 4 heteroatoms. The minimum absolute atomic E-state index is 0.0286. The summed E-state index contributed by atoms with van der Waals surface area (Å²) in [6.45, 7) is 0.280. The van der Waals surface area contributed by atoms with Gasteiger partial charge in [0, 0.05) is 6.54 Å². The van der Waals surface area contributed by atoms with Crippen LogP contribution in [0.25, 0.3) is 0 Å². The van der Waals surface area contributed by atoms with Crippen LogP contribution in [0.4, 0.5) is 0 Å². The van der Waals surface area contributed by atoms with E-state index >= 15 is 0 Å². The zero-order valence-corrected chi connectivity index (χ0v) is 10.4. The number of amides is 1. The fourth-order valence-corrected chi connectivity index (χ4v) is 2.36. The maximum absolute atomic E-state index is 12.2. The van der Waals surface area contributed by atoms with E-state index < -0.39 is 5.41 Å². The number of hydrogen-bond donors (Lipinski definition) is 3. The number of nitrogens with one attached hydrogen (secondary N) is 1. The molecule has 0 spiro atoms. The van der Waals surface area contributed by atoms with Crippen molar-refractivity contribution >= 4 is 5.91 Å². The molecule has 0 radical (unpaired) electrons. The summed E-state index contributed by atoms with van der Waals surface area (Å²) in [6.07, 6.45) is 2.75. The van der Waals surface area contributed by atoms with E-state index in [2.05, 4.69) is 5.32 Å². The summed E-state index contributed by atoms with van der Waals surface area (Å²) in [5.41, 5.74) is 6.22. The van der Waals surface area contributed by atoms with Crippen molar-refractivity contribution < 1.29 is 9.90 Å². The van der Waals surface area contributed by atoms with E-state index in [9.17, 15) is 9.90 Å². The molecule has 0 unspecified atom stereocenters. The number of aliphatic hydroxyl groups is 1. The summed E-state index contributed by atoms with van der Waals surface area (Å²) in [7, 11) is 0. The predicted octanol–water partition coefficient (Wildman–Crippen LogP) is 0.965. The normalized spacial score (nSPS) is 18.8. The van der Waals surface area contributed by atoms with Crippen LogP contribution in [0.1, 0.15) is 30.9 Å². The van der Waals surface area contributed by atoms with Crippen LogP contribution in [0.3, 0.4) is 0 Å². The molecule has 1 aliphatic rings. The highest BCUT2D eigenvalue weighted by molar-refractivity contribution is 5.84. The smallest absolute Gasteiger partial charge is 0.228 e. The highest BCUT2D eigenvalue weighted by Crippen LogP contribution is 2.40. The highest BCUT2D eigenvalue weighted by Gasteiger charge is 2.43. The molecule has 1 aliphatic carbocycles. The molecule has 18 heavy (non-hydrogen) atoms. The summed E-state index contributed by atoms with van der Waals surface area (Å²) < 4.78 is 0. The third-order valence-electron chi connectivity index (χ3n) is 3.87. The molecule has 2 rings (SSSR count). The first-order chi connectivity index (χ1) is 8.72. The Hall–Kier alpha value is -1.39. The zero-order valence-electron chi connectivity index (χ0n) is 10.4. The average Bonchev–Trinajstić information content (AvgIpc) is 2.36.